The normalized spacial score (nSPS) is 12.1. The molecule has 0 fully saturated rings. The number of para-hydroxylation sites is 1. The van der Waals surface area contributed by atoms with Crippen molar-refractivity contribution in [2.24, 2.45) is 0 Å². The van der Waals surface area contributed by atoms with Gasteiger partial charge in [-0.2, -0.15) is 0 Å². The third-order valence-corrected chi connectivity index (χ3v) is 2.79. The molecule has 0 aliphatic carbocycles. The fourth-order valence-electron chi connectivity index (χ4n) is 1.86. The van der Waals surface area contributed by atoms with Crippen LogP contribution >= 0.6 is 0 Å². The van der Waals surface area contributed by atoms with Crippen LogP contribution in [0.25, 0.3) is 11.1 Å². The number of aromatic hydroxyl groups is 2. The third kappa shape index (κ3) is 2.36. The van der Waals surface area contributed by atoms with Crippen LogP contribution in [0.15, 0.2) is 42.5 Å². The Hall–Kier alpha value is -2.53. The van der Waals surface area contributed by atoms with E-state index in [1.54, 1.807) is 18.2 Å². The van der Waals surface area contributed by atoms with Crippen LogP contribution in [0.1, 0.15) is 11.7 Å². The van der Waals surface area contributed by atoms with Crippen LogP contribution in [0, 0.1) is 0 Å². The van der Waals surface area contributed by atoms with E-state index in [0.717, 1.165) is 0 Å². The molecule has 0 aliphatic heterocycles. The molecule has 5 nitrogen and oxygen atoms in total. The van der Waals surface area contributed by atoms with Gasteiger partial charge in [0.25, 0.3) is 0 Å². The number of benzene rings is 2. The first-order chi connectivity index (χ1) is 9.02. The maximum atomic E-state index is 10.9. The number of phenolic OH excluding ortho intramolecular Hbond substituents is 2. The number of aliphatic hydroxyl groups excluding tert-OH is 1. The molecule has 0 bridgehead atoms. The summed E-state index contributed by atoms with van der Waals surface area (Å²) >= 11 is 0. The number of rotatable bonds is 3. The average molecular weight is 260 g/mol. The summed E-state index contributed by atoms with van der Waals surface area (Å²) in [5.74, 6) is -2.04. The average Bonchev–Trinajstić information content (AvgIpc) is 2.41. The zero-order valence-corrected chi connectivity index (χ0v) is 9.82. The van der Waals surface area contributed by atoms with Crippen molar-refractivity contribution in [3.63, 3.8) is 0 Å². The van der Waals surface area contributed by atoms with E-state index in [1.165, 1.54) is 24.3 Å². The molecule has 0 amide bonds. The molecule has 0 heterocycles. The lowest BCUT2D eigenvalue weighted by Gasteiger charge is -2.13. The molecule has 98 valence electrons. The van der Waals surface area contributed by atoms with Crippen molar-refractivity contribution in [3.05, 3.63) is 48.0 Å². The number of carbonyl (C=O) groups is 1. The minimum absolute atomic E-state index is 0.149. The molecule has 1 atom stereocenters. The van der Waals surface area contributed by atoms with Crippen molar-refractivity contribution in [1.82, 2.24) is 0 Å². The van der Waals surface area contributed by atoms with E-state index in [1.807, 2.05) is 0 Å². The summed E-state index contributed by atoms with van der Waals surface area (Å²) in [7, 11) is 0. The molecule has 0 aromatic heterocycles. The minimum Gasteiger partial charge on any atom is -0.504 e. The molecule has 2 rings (SSSR count). The van der Waals surface area contributed by atoms with Gasteiger partial charge >= 0.3 is 5.97 Å². The zero-order valence-electron chi connectivity index (χ0n) is 9.82. The second-order valence-electron chi connectivity index (χ2n) is 4.00. The first-order valence-electron chi connectivity index (χ1n) is 5.53. The highest BCUT2D eigenvalue weighted by Gasteiger charge is 2.21. The number of hydrogen-bond acceptors (Lipinski definition) is 4. The van der Waals surface area contributed by atoms with Gasteiger partial charge in [0.2, 0.25) is 0 Å². The second-order valence-corrected chi connectivity index (χ2v) is 4.00. The number of aliphatic carboxylic acids is 1. The summed E-state index contributed by atoms with van der Waals surface area (Å²) in [5.41, 5.74) is 0.762. The van der Waals surface area contributed by atoms with Crippen LogP contribution in [-0.2, 0) is 4.79 Å². The lowest BCUT2D eigenvalue weighted by Crippen LogP contribution is -2.11. The molecule has 2 aromatic carbocycles. The maximum Gasteiger partial charge on any atom is 0.337 e. The summed E-state index contributed by atoms with van der Waals surface area (Å²) in [6, 6.07) is 10.6. The molecule has 0 saturated carbocycles. The topological polar surface area (TPSA) is 98.0 Å². The van der Waals surface area contributed by atoms with Gasteiger partial charge in [-0.1, -0.05) is 36.4 Å². The van der Waals surface area contributed by atoms with Crippen molar-refractivity contribution in [1.29, 1.82) is 0 Å². The lowest BCUT2D eigenvalue weighted by atomic mass is 9.95. The number of carboxylic acid groups (broad SMARTS) is 1. The predicted octanol–water partition coefficient (Wildman–Crippen LogP) is 1.88. The highest BCUT2D eigenvalue weighted by molar-refractivity contribution is 5.82. The molecule has 0 radical (unpaired) electrons. The Balaban J connectivity index is 2.63. The van der Waals surface area contributed by atoms with E-state index in [2.05, 4.69) is 0 Å². The van der Waals surface area contributed by atoms with E-state index >= 15 is 0 Å². The van der Waals surface area contributed by atoms with Gasteiger partial charge < -0.3 is 20.4 Å². The van der Waals surface area contributed by atoms with Crippen molar-refractivity contribution in [2.45, 2.75) is 6.10 Å². The number of carboxylic acids is 1. The summed E-state index contributed by atoms with van der Waals surface area (Å²) in [4.78, 5) is 10.9. The van der Waals surface area contributed by atoms with Gasteiger partial charge in [-0.05, 0) is 17.2 Å². The smallest absolute Gasteiger partial charge is 0.337 e. The first kappa shape index (κ1) is 12.9. The zero-order chi connectivity index (χ0) is 14.0. The highest BCUT2D eigenvalue weighted by atomic mass is 16.4. The molecular weight excluding hydrogens is 248 g/mol. The summed E-state index contributed by atoms with van der Waals surface area (Å²) in [6.07, 6.45) is -1.70. The second kappa shape index (κ2) is 4.99. The Morgan fingerprint density at radius 1 is 0.947 bits per heavy atom. The largest absolute Gasteiger partial charge is 0.504 e. The van der Waals surface area contributed by atoms with Crippen LogP contribution in [0.3, 0.4) is 0 Å². The predicted molar refractivity (Wildman–Crippen MR) is 67.8 cm³/mol. The third-order valence-electron chi connectivity index (χ3n) is 2.79. The van der Waals surface area contributed by atoms with Gasteiger partial charge in [0, 0.05) is 5.56 Å². The Kier molecular flexibility index (Phi) is 3.39. The van der Waals surface area contributed by atoms with Crippen molar-refractivity contribution < 1.29 is 25.2 Å². The van der Waals surface area contributed by atoms with Crippen LogP contribution in [0.2, 0.25) is 0 Å². The molecule has 0 saturated heterocycles. The van der Waals surface area contributed by atoms with Crippen molar-refractivity contribution >= 4 is 5.97 Å². The molecule has 0 spiro atoms. The van der Waals surface area contributed by atoms with Crippen molar-refractivity contribution in [2.75, 3.05) is 0 Å². The van der Waals surface area contributed by atoms with E-state index < -0.39 is 12.1 Å². The van der Waals surface area contributed by atoms with Crippen LogP contribution in [0.5, 0.6) is 11.5 Å². The monoisotopic (exact) mass is 260 g/mol. The van der Waals surface area contributed by atoms with Gasteiger partial charge in [-0.15, -0.1) is 0 Å². The number of aliphatic hydroxyl groups is 1. The fraction of sp³-hybridized carbons (Fsp3) is 0.0714. The van der Waals surface area contributed by atoms with Crippen LogP contribution in [-0.4, -0.2) is 26.4 Å². The minimum atomic E-state index is -1.70. The molecule has 4 N–H and O–H groups in total. The Morgan fingerprint density at radius 2 is 1.58 bits per heavy atom. The maximum absolute atomic E-state index is 10.9. The van der Waals surface area contributed by atoms with E-state index in [0.29, 0.717) is 5.56 Å². The van der Waals surface area contributed by atoms with Gasteiger partial charge in [-0.3, -0.25) is 0 Å². The molecule has 5 heteroatoms. The van der Waals surface area contributed by atoms with E-state index in [4.69, 9.17) is 5.11 Å². The number of hydrogen-bond donors (Lipinski definition) is 4. The molecule has 0 aliphatic rings. The Morgan fingerprint density at radius 3 is 2.26 bits per heavy atom. The molecular formula is C14H12O5. The fourth-order valence-corrected chi connectivity index (χ4v) is 1.86. The summed E-state index contributed by atoms with van der Waals surface area (Å²) < 4.78 is 0. The molecule has 1 unspecified atom stereocenters. The standard InChI is InChI=1S/C14H12O5/c15-11-7-3-6-9(12(11)16)8-4-1-2-5-10(8)13(17)14(18)19/h1-7,13,15-17H,(H,18,19). The van der Waals surface area contributed by atoms with Gasteiger partial charge in [0.05, 0.1) is 0 Å². The van der Waals surface area contributed by atoms with Gasteiger partial charge in [0.15, 0.2) is 17.6 Å². The van der Waals surface area contributed by atoms with E-state index in [9.17, 15) is 20.1 Å². The Labute approximate surface area is 109 Å². The van der Waals surface area contributed by atoms with Crippen LogP contribution < -0.4 is 0 Å². The molecule has 19 heavy (non-hydrogen) atoms. The quantitative estimate of drug-likeness (QED) is 0.632. The first-order valence-corrected chi connectivity index (χ1v) is 5.53. The SMILES string of the molecule is O=C(O)C(O)c1ccccc1-c1cccc(O)c1O. The number of phenols is 2. The van der Waals surface area contributed by atoms with Gasteiger partial charge in [-0.25, -0.2) is 4.79 Å². The van der Waals surface area contributed by atoms with Gasteiger partial charge in [0.1, 0.15) is 0 Å². The highest BCUT2D eigenvalue weighted by Crippen LogP contribution is 2.39. The molecule has 2 aromatic rings. The van der Waals surface area contributed by atoms with E-state index in [-0.39, 0.29) is 22.6 Å². The summed E-state index contributed by atoms with van der Waals surface area (Å²) in [5, 5.41) is 37.8. The van der Waals surface area contributed by atoms with Crippen LogP contribution in [0.4, 0.5) is 0 Å². The Bertz CT molecular complexity index is 621. The lowest BCUT2D eigenvalue weighted by molar-refractivity contribution is -0.146. The summed E-state index contributed by atoms with van der Waals surface area (Å²) in [6.45, 7) is 0. The van der Waals surface area contributed by atoms with Crippen molar-refractivity contribution in [3.8, 4) is 22.6 Å².